The van der Waals surface area contributed by atoms with Gasteiger partial charge in [0.25, 0.3) is 0 Å². The summed E-state index contributed by atoms with van der Waals surface area (Å²) in [5.41, 5.74) is -0.0782. The number of hydrogen-bond acceptors (Lipinski definition) is 3. The third kappa shape index (κ3) is 3.15. The number of hydrogen-bond donors (Lipinski definition) is 1. The Kier molecular flexibility index (Phi) is 3.81. The van der Waals surface area contributed by atoms with E-state index in [4.69, 9.17) is 16.7 Å². The molecular weight excluding hydrogens is 218 g/mol. The van der Waals surface area contributed by atoms with Crippen LogP contribution in [-0.4, -0.2) is 25.3 Å². The average Bonchev–Trinajstić information content (AvgIpc) is 2.51. The van der Waals surface area contributed by atoms with E-state index in [1.807, 2.05) is 33.0 Å². The predicted molar refractivity (Wildman–Crippen MR) is 63.5 cm³/mol. The Balaban J connectivity index is 2.63. The van der Waals surface area contributed by atoms with E-state index >= 15 is 0 Å². The molecule has 0 spiro atoms. The van der Waals surface area contributed by atoms with Crippen LogP contribution in [0.4, 0.5) is 5.00 Å². The molecule has 1 rings (SSSR count). The Morgan fingerprint density at radius 3 is 2.57 bits per heavy atom. The fraction of sp³-hybridized carbons (Fsp3) is 0.600. The number of nitrogens with zero attached hydrogens (tertiary/aromatic N) is 1. The topological polar surface area (TPSA) is 23.5 Å². The molecule has 1 aromatic heterocycles. The third-order valence-corrected chi connectivity index (χ3v) is 3.37. The molecule has 4 heteroatoms. The van der Waals surface area contributed by atoms with Gasteiger partial charge in [-0.1, -0.05) is 25.4 Å². The normalized spacial score (nSPS) is 11.8. The highest BCUT2D eigenvalue weighted by atomic mass is 35.5. The van der Waals surface area contributed by atoms with Gasteiger partial charge in [0, 0.05) is 25.6 Å². The Morgan fingerprint density at radius 2 is 2.14 bits per heavy atom. The van der Waals surface area contributed by atoms with E-state index in [9.17, 15) is 0 Å². The Labute approximate surface area is 94.1 Å². The number of rotatable bonds is 4. The van der Waals surface area contributed by atoms with Crippen molar-refractivity contribution < 1.29 is 5.11 Å². The fourth-order valence-corrected chi connectivity index (χ4v) is 2.27. The van der Waals surface area contributed by atoms with Crippen LogP contribution in [0.5, 0.6) is 0 Å². The van der Waals surface area contributed by atoms with Gasteiger partial charge in [0.05, 0.1) is 9.34 Å². The zero-order valence-electron chi connectivity index (χ0n) is 8.75. The van der Waals surface area contributed by atoms with Crippen LogP contribution in [0.15, 0.2) is 12.1 Å². The zero-order chi connectivity index (χ0) is 10.8. The number of aliphatic hydroxyl groups is 1. The van der Waals surface area contributed by atoms with Crippen molar-refractivity contribution in [2.24, 2.45) is 5.41 Å². The predicted octanol–water partition coefficient (Wildman–Crippen LogP) is 2.86. The summed E-state index contributed by atoms with van der Waals surface area (Å²) in [5.74, 6) is 0. The molecule has 0 bridgehead atoms. The number of halogens is 1. The van der Waals surface area contributed by atoms with Crippen LogP contribution in [0.1, 0.15) is 13.8 Å². The largest absolute Gasteiger partial charge is 0.396 e. The zero-order valence-corrected chi connectivity index (χ0v) is 10.3. The highest BCUT2D eigenvalue weighted by molar-refractivity contribution is 7.19. The van der Waals surface area contributed by atoms with Crippen LogP contribution in [0.25, 0.3) is 0 Å². The van der Waals surface area contributed by atoms with Gasteiger partial charge in [0.1, 0.15) is 0 Å². The van der Waals surface area contributed by atoms with Crippen LogP contribution >= 0.6 is 22.9 Å². The van der Waals surface area contributed by atoms with Crippen molar-refractivity contribution in [3.63, 3.8) is 0 Å². The summed E-state index contributed by atoms with van der Waals surface area (Å²) < 4.78 is 0.800. The lowest BCUT2D eigenvalue weighted by Gasteiger charge is -2.28. The lowest BCUT2D eigenvalue weighted by molar-refractivity contribution is 0.165. The molecule has 0 saturated heterocycles. The fourth-order valence-electron chi connectivity index (χ4n) is 1.28. The summed E-state index contributed by atoms with van der Waals surface area (Å²) in [7, 11) is 2.01. The summed E-state index contributed by atoms with van der Waals surface area (Å²) >= 11 is 7.41. The van der Waals surface area contributed by atoms with E-state index in [0.717, 1.165) is 15.9 Å². The first-order valence-corrected chi connectivity index (χ1v) is 5.71. The van der Waals surface area contributed by atoms with Gasteiger partial charge in [0.15, 0.2) is 0 Å². The second kappa shape index (κ2) is 4.51. The lowest BCUT2D eigenvalue weighted by atomic mass is 9.94. The van der Waals surface area contributed by atoms with E-state index in [2.05, 4.69) is 4.90 Å². The standard InChI is InChI=1S/C10H16ClNOS/c1-10(2,7-13)6-12(3)9-5-4-8(11)14-9/h4-5,13H,6-7H2,1-3H3. The molecule has 1 heterocycles. The maximum absolute atomic E-state index is 9.15. The Morgan fingerprint density at radius 1 is 1.50 bits per heavy atom. The molecule has 0 amide bonds. The maximum Gasteiger partial charge on any atom is 0.0950 e. The molecule has 1 aromatic rings. The molecule has 0 aromatic carbocycles. The summed E-state index contributed by atoms with van der Waals surface area (Å²) in [6.07, 6.45) is 0. The van der Waals surface area contributed by atoms with Gasteiger partial charge in [-0.2, -0.15) is 0 Å². The second-order valence-electron chi connectivity index (χ2n) is 4.26. The van der Waals surface area contributed by atoms with E-state index in [-0.39, 0.29) is 12.0 Å². The number of thiophene rings is 1. The average molecular weight is 234 g/mol. The molecule has 0 aliphatic heterocycles. The Bertz CT molecular complexity index is 298. The molecule has 0 aliphatic rings. The van der Waals surface area contributed by atoms with Gasteiger partial charge in [-0.15, -0.1) is 11.3 Å². The molecule has 0 aliphatic carbocycles. The van der Waals surface area contributed by atoms with Gasteiger partial charge in [0.2, 0.25) is 0 Å². The quantitative estimate of drug-likeness (QED) is 0.865. The van der Waals surface area contributed by atoms with Crippen LogP contribution in [0, 0.1) is 5.41 Å². The third-order valence-electron chi connectivity index (χ3n) is 2.03. The summed E-state index contributed by atoms with van der Waals surface area (Å²) in [4.78, 5) is 2.12. The Hall–Kier alpha value is -0.250. The maximum atomic E-state index is 9.15. The van der Waals surface area contributed by atoms with Gasteiger partial charge in [-0.05, 0) is 12.1 Å². The second-order valence-corrected chi connectivity index (χ2v) is 5.95. The monoisotopic (exact) mass is 233 g/mol. The smallest absolute Gasteiger partial charge is 0.0950 e. The summed E-state index contributed by atoms with van der Waals surface area (Å²) in [6, 6.07) is 3.89. The van der Waals surface area contributed by atoms with Crippen molar-refractivity contribution in [1.82, 2.24) is 0 Å². The van der Waals surface area contributed by atoms with Crippen molar-refractivity contribution in [3.8, 4) is 0 Å². The summed E-state index contributed by atoms with van der Waals surface area (Å²) in [6.45, 7) is 5.09. The van der Waals surface area contributed by atoms with E-state index in [1.165, 1.54) is 0 Å². The molecule has 80 valence electrons. The van der Waals surface area contributed by atoms with Crippen molar-refractivity contribution in [2.75, 3.05) is 25.1 Å². The molecule has 0 unspecified atom stereocenters. The van der Waals surface area contributed by atoms with Crippen molar-refractivity contribution in [1.29, 1.82) is 0 Å². The molecule has 0 saturated carbocycles. The van der Waals surface area contributed by atoms with E-state index in [1.54, 1.807) is 11.3 Å². The van der Waals surface area contributed by atoms with E-state index in [0.29, 0.717) is 0 Å². The SMILES string of the molecule is CN(CC(C)(C)CO)c1ccc(Cl)s1. The molecular formula is C10H16ClNOS. The van der Waals surface area contributed by atoms with Crippen molar-refractivity contribution >= 4 is 27.9 Å². The van der Waals surface area contributed by atoms with Gasteiger partial charge >= 0.3 is 0 Å². The minimum Gasteiger partial charge on any atom is -0.396 e. The summed E-state index contributed by atoms with van der Waals surface area (Å²) in [5, 5.41) is 10.3. The minimum atomic E-state index is -0.0782. The van der Waals surface area contributed by atoms with E-state index < -0.39 is 0 Å². The van der Waals surface area contributed by atoms with Crippen LogP contribution < -0.4 is 4.90 Å². The molecule has 0 fully saturated rings. The highest BCUT2D eigenvalue weighted by Gasteiger charge is 2.19. The van der Waals surface area contributed by atoms with Crippen LogP contribution in [-0.2, 0) is 0 Å². The number of aliphatic hydroxyl groups excluding tert-OH is 1. The minimum absolute atomic E-state index is 0.0782. The van der Waals surface area contributed by atoms with Crippen LogP contribution in [0.3, 0.4) is 0 Å². The van der Waals surface area contributed by atoms with Gasteiger partial charge < -0.3 is 10.0 Å². The molecule has 14 heavy (non-hydrogen) atoms. The molecule has 2 nitrogen and oxygen atoms in total. The molecule has 0 atom stereocenters. The first-order valence-electron chi connectivity index (χ1n) is 4.52. The van der Waals surface area contributed by atoms with Crippen molar-refractivity contribution in [2.45, 2.75) is 13.8 Å². The first-order chi connectivity index (χ1) is 6.44. The first kappa shape index (κ1) is 11.8. The highest BCUT2D eigenvalue weighted by Crippen LogP contribution is 2.30. The number of anilines is 1. The van der Waals surface area contributed by atoms with Gasteiger partial charge in [-0.3, -0.25) is 0 Å². The molecule has 1 N–H and O–H groups in total. The molecule has 0 radical (unpaired) electrons. The lowest BCUT2D eigenvalue weighted by Crippen LogP contribution is -2.33. The van der Waals surface area contributed by atoms with Gasteiger partial charge in [-0.25, -0.2) is 0 Å². The van der Waals surface area contributed by atoms with Crippen LogP contribution in [0.2, 0.25) is 4.34 Å². The van der Waals surface area contributed by atoms with Crippen molar-refractivity contribution in [3.05, 3.63) is 16.5 Å².